The first-order valence-electron chi connectivity index (χ1n) is 5.65. The van der Waals surface area contributed by atoms with Crippen LogP contribution in [0.3, 0.4) is 0 Å². The summed E-state index contributed by atoms with van der Waals surface area (Å²) in [5, 5.41) is -0.720. The van der Waals surface area contributed by atoms with Crippen molar-refractivity contribution in [3.8, 4) is 0 Å². The Hall–Kier alpha value is -1.28. The number of sulfonamides is 1. The van der Waals surface area contributed by atoms with E-state index in [0.717, 1.165) is 16.4 Å². The van der Waals surface area contributed by atoms with Crippen molar-refractivity contribution in [1.82, 2.24) is 0 Å². The number of anilines is 1. The first kappa shape index (κ1) is 14.1. The lowest BCUT2D eigenvalue weighted by atomic mass is 10.2. The Morgan fingerprint density at radius 2 is 2.05 bits per heavy atom. The summed E-state index contributed by atoms with van der Waals surface area (Å²) in [6.45, 7) is 0.128. The Bertz CT molecular complexity index is 572. The van der Waals surface area contributed by atoms with Crippen LogP contribution in [0.2, 0.25) is 0 Å². The maximum Gasteiger partial charge on any atom is 0.416 e. The van der Waals surface area contributed by atoms with Gasteiger partial charge < -0.3 is 5.73 Å². The van der Waals surface area contributed by atoms with Crippen LogP contribution in [-0.2, 0) is 16.2 Å². The number of benzene rings is 1. The predicted molar refractivity (Wildman–Crippen MR) is 65.2 cm³/mol. The molecule has 2 rings (SSSR count). The van der Waals surface area contributed by atoms with Crippen LogP contribution in [0.25, 0.3) is 0 Å². The van der Waals surface area contributed by atoms with E-state index in [1.807, 2.05) is 0 Å². The summed E-state index contributed by atoms with van der Waals surface area (Å²) in [5.74, 6) is 0. The van der Waals surface area contributed by atoms with Gasteiger partial charge in [0.05, 0.1) is 16.5 Å². The van der Waals surface area contributed by atoms with E-state index >= 15 is 0 Å². The molecule has 0 aliphatic carbocycles. The number of hydrogen-bond donors (Lipinski definition) is 1. The molecule has 106 valence electrons. The van der Waals surface area contributed by atoms with E-state index in [9.17, 15) is 21.6 Å². The summed E-state index contributed by atoms with van der Waals surface area (Å²) >= 11 is 0. The molecular weight excluding hydrogens is 281 g/mol. The second-order valence-electron chi connectivity index (χ2n) is 4.31. The van der Waals surface area contributed by atoms with Crippen LogP contribution in [0.15, 0.2) is 24.3 Å². The van der Waals surface area contributed by atoms with Gasteiger partial charge in [-0.3, -0.25) is 4.31 Å². The molecule has 0 aromatic heterocycles. The first-order chi connectivity index (χ1) is 8.76. The van der Waals surface area contributed by atoms with E-state index in [1.165, 1.54) is 12.1 Å². The highest BCUT2D eigenvalue weighted by Crippen LogP contribution is 2.34. The smallest absolute Gasteiger partial charge is 0.329 e. The SMILES string of the molecule is NC[C@H]1CCN(c2cccc(C(F)(F)F)c2)S1(=O)=O. The minimum Gasteiger partial charge on any atom is -0.329 e. The van der Waals surface area contributed by atoms with E-state index < -0.39 is 27.0 Å². The van der Waals surface area contributed by atoms with Crippen LogP contribution in [0.5, 0.6) is 0 Å². The monoisotopic (exact) mass is 294 g/mol. The highest BCUT2D eigenvalue weighted by atomic mass is 32.2. The lowest BCUT2D eigenvalue weighted by Gasteiger charge is -2.19. The van der Waals surface area contributed by atoms with Gasteiger partial charge in [-0.05, 0) is 24.6 Å². The van der Waals surface area contributed by atoms with Gasteiger partial charge in [0, 0.05) is 13.1 Å². The van der Waals surface area contributed by atoms with Gasteiger partial charge in [-0.1, -0.05) is 6.07 Å². The second-order valence-corrected chi connectivity index (χ2v) is 6.45. The fraction of sp³-hybridized carbons (Fsp3) is 0.455. The van der Waals surface area contributed by atoms with Gasteiger partial charge in [-0.25, -0.2) is 8.42 Å². The predicted octanol–water partition coefficient (Wildman–Crippen LogP) is 1.57. The normalized spacial score (nSPS) is 22.7. The molecule has 0 bridgehead atoms. The zero-order valence-corrected chi connectivity index (χ0v) is 10.7. The van der Waals surface area contributed by atoms with Crippen molar-refractivity contribution in [2.45, 2.75) is 17.8 Å². The van der Waals surface area contributed by atoms with Gasteiger partial charge in [0.2, 0.25) is 10.0 Å². The quantitative estimate of drug-likeness (QED) is 0.900. The van der Waals surface area contributed by atoms with Gasteiger partial charge in [0.15, 0.2) is 0 Å². The summed E-state index contributed by atoms with van der Waals surface area (Å²) < 4.78 is 62.9. The third-order valence-electron chi connectivity index (χ3n) is 3.11. The molecule has 0 spiro atoms. The van der Waals surface area contributed by atoms with E-state index in [-0.39, 0.29) is 18.8 Å². The Labute approximate surface area is 109 Å². The zero-order valence-electron chi connectivity index (χ0n) is 9.89. The van der Waals surface area contributed by atoms with E-state index in [0.29, 0.717) is 6.42 Å². The Balaban J connectivity index is 2.39. The Morgan fingerprint density at radius 1 is 1.37 bits per heavy atom. The standard InChI is InChI=1S/C11H13F3N2O2S/c12-11(13,14)8-2-1-3-9(6-8)16-5-4-10(7-15)19(16,17)18/h1-3,6,10H,4-5,7,15H2/t10-/m1/s1. The largest absolute Gasteiger partial charge is 0.416 e. The van der Waals surface area contributed by atoms with Gasteiger partial charge in [-0.15, -0.1) is 0 Å². The van der Waals surface area contributed by atoms with Crippen molar-refractivity contribution in [2.24, 2.45) is 5.73 Å². The maximum atomic E-state index is 12.6. The van der Waals surface area contributed by atoms with Crippen molar-refractivity contribution >= 4 is 15.7 Å². The fourth-order valence-corrected chi connectivity index (χ4v) is 3.84. The summed E-state index contributed by atoms with van der Waals surface area (Å²) in [7, 11) is -3.65. The molecule has 8 heteroatoms. The van der Waals surface area contributed by atoms with Gasteiger partial charge in [-0.2, -0.15) is 13.2 Å². The van der Waals surface area contributed by atoms with Crippen LogP contribution >= 0.6 is 0 Å². The fourth-order valence-electron chi connectivity index (χ4n) is 2.07. The van der Waals surface area contributed by atoms with Crippen LogP contribution in [0.1, 0.15) is 12.0 Å². The number of nitrogens with two attached hydrogens (primary N) is 1. The molecule has 1 aliphatic heterocycles. The summed E-state index contributed by atoms with van der Waals surface area (Å²) in [5.41, 5.74) is 4.53. The van der Waals surface area contributed by atoms with Gasteiger partial charge >= 0.3 is 6.18 Å². The average Bonchev–Trinajstić information content (AvgIpc) is 2.63. The summed E-state index contributed by atoms with van der Waals surface area (Å²) in [6.07, 6.45) is -4.16. The number of nitrogens with zero attached hydrogens (tertiary/aromatic N) is 1. The zero-order chi connectivity index (χ0) is 14.3. The number of halogens is 3. The maximum absolute atomic E-state index is 12.6. The highest BCUT2D eigenvalue weighted by Gasteiger charge is 2.39. The second kappa shape index (κ2) is 4.68. The lowest BCUT2D eigenvalue weighted by Crippen LogP contribution is -2.33. The van der Waals surface area contributed by atoms with Crippen molar-refractivity contribution in [3.05, 3.63) is 29.8 Å². The van der Waals surface area contributed by atoms with E-state index in [1.54, 1.807) is 0 Å². The van der Waals surface area contributed by atoms with Crippen molar-refractivity contribution in [1.29, 1.82) is 0 Å². The third kappa shape index (κ3) is 2.55. The number of alkyl halides is 3. The molecule has 1 atom stereocenters. The van der Waals surface area contributed by atoms with Gasteiger partial charge in [0.25, 0.3) is 0 Å². The third-order valence-corrected chi connectivity index (χ3v) is 5.39. The molecule has 19 heavy (non-hydrogen) atoms. The molecule has 2 N–H and O–H groups in total. The molecule has 1 fully saturated rings. The van der Waals surface area contributed by atoms with Crippen molar-refractivity contribution in [3.63, 3.8) is 0 Å². The number of rotatable bonds is 2. The topological polar surface area (TPSA) is 63.4 Å². The molecule has 1 heterocycles. The minimum atomic E-state index is -4.49. The molecule has 4 nitrogen and oxygen atoms in total. The Morgan fingerprint density at radius 3 is 2.58 bits per heavy atom. The molecule has 1 aliphatic rings. The molecule has 0 amide bonds. The van der Waals surface area contributed by atoms with Crippen LogP contribution in [0.4, 0.5) is 18.9 Å². The molecule has 1 aromatic rings. The number of hydrogen-bond acceptors (Lipinski definition) is 3. The molecule has 1 saturated heterocycles. The van der Waals surface area contributed by atoms with Crippen molar-refractivity contribution in [2.75, 3.05) is 17.4 Å². The first-order valence-corrected chi connectivity index (χ1v) is 7.16. The highest BCUT2D eigenvalue weighted by molar-refractivity contribution is 7.93. The van der Waals surface area contributed by atoms with Crippen LogP contribution in [-0.4, -0.2) is 26.8 Å². The summed E-state index contributed by atoms with van der Waals surface area (Å²) in [4.78, 5) is 0. The molecule has 0 unspecified atom stereocenters. The summed E-state index contributed by atoms with van der Waals surface area (Å²) in [6, 6.07) is 4.30. The van der Waals surface area contributed by atoms with E-state index in [2.05, 4.69) is 0 Å². The minimum absolute atomic E-state index is 0.0300. The molecule has 0 radical (unpaired) electrons. The van der Waals surface area contributed by atoms with E-state index in [4.69, 9.17) is 5.73 Å². The molecule has 0 saturated carbocycles. The Kier molecular flexibility index (Phi) is 3.48. The molecule has 1 aromatic carbocycles. The van der Waals surface area contributed by atoms with Crippen LogP contribution in [0, 0.1) is 0 Å². The average molecular weight is 294 g/mol. The van der Waals surface area contributed by atoms with Crippen LogP contribution < -0.4 is 10.0 Å². The van der Waals surface area contributed by atoms with Crippen molar-refractivity contribution < 1.29 is 21.6 Å². The lowest BCUT2D eigenvalue weighted by molar-refractivity contribution is -0.137. The molecular formula is C11H13F3N2O2S. The van der Waals surface area contributed by atoms with Gasteiger partial charge in [0.1, 0.15) is 0 Å².